The highest BCUT2D eigenvalue weighted by Gasteiger charge is 2.21. The number of ether oxygens (including phenoxy) is 1. The Kier molecular flexibility index (Phi) is 6.71. The van der Waals surface area contributed by atoms with Crippen LogP contribution in [-0.2, 0) is 28.2 Å². The first kappa shape index (κ1) is 20.9. The zero-order chi connectivity index (χ0) is 20.9. The molecule has 1 aliphatic rings. The van der Waals surface area contributed by atoms with Crippen molar-refractivity contribution in [1.82, 2.24) is 19.7 Å². The molecule has 1 atom stereocenters. The monoisotopic (exact) mass is 447 g/mol. The number of oxazole rings is 1. The lowest BCUT2D eigenvalue weighted by atomic mass is 10.2. The third-order valence-corrected chi connectivity index (χ3v) is 5.97. The van der Waals surface area contributed by atoms with Crippen molar-refractivity contribution in [2.75, 3.05) is 6.61 Å². The number of amides is 1. The third-order valence-electron chi connectivity index (χ3n) is 4.79. The Hall–Kier alpha value is -2.36. The molecule has 10 heteroatoms. The molecule has 3 heterocycles. The van der Waals surface area contributed by atoms with E-state index in [9.17, 15) is 4.79 Å². The Labute approximate surface area is 183 Å². The molecule has 3 aromatic rings. The first-order valence-corrected chi connectivity index (χ1v) is 11.1. The second kappa shape index (κ2) is 9.63. The molecule has 4 rings (SSSR count). The van der Waals surface area contributed by atoms with Gasteiger partial charge in [-0.1, -0.05) is 35.5 Å². The normalized spacial score (nSPS) is 16.2. The molecule has 1 aliphatic heterocycles. The van der Waals surface area contributed by atoms with Crippen LogP contribution in [0.4, 0.5) is 0 Å². The molecule has 0 saturated carbocycles. The number of rotatable bonds is 9. The van der Waals surface area contributed by atoms with Gasteiger partial charge in [0.25, 0.3) is 0 Å². The van der Waals surface area contributed by atoms with Gasteiger partial charge in [0.15, 0.2) is 10.9 Å². The second-order valence-electron chi connectivity index (χ2n) is 7.03. The van der Waals surface area contributed by atoms with E-state index >= 15 is 0 Å². The van der Waals surface area contributed by atoms with Crippen molar-refractivity contribution in [3.63, 3.8) is 0 Å². The molecule has 158 valence electrons. The maximum Gasteiger partial charge on any atom is 0.217 e. The van der Waals surface area contributed by atoms with E-state index in [2.05, 4.69) is 15.2 Å². The lowest BCUT2D eigenvalue weighted by Crippen LogP contribution is -2.19. The maximum atomic E-state index is 11.2. The third kappa shape index (κ3) is 5.21. The summed E-state index contributed by atoms with van der Waals surface area (Å²) in [6.07, 6.45) is 4.56. The fraction of sp³-hybridized carbons (Fsp3) is 0.400. The number of aryl methyl sites for hydroxylation is 1. The Morgan fingerprint density at radius 2 is 2.27 bits per heavy atom. The average molecular weight is 448 g/mol. The summed E-state index contributed by atoms with van der Waals surface area (Å²) in [5.74, 6) is 2.12. The highest BCUT2D eigenvalue weighted by molar-refractivity contribution is 7.98. The van der Waals surface area contributed by atoms with E-state index in [1.165, 1.54) is 11.8 Å². The van der Waals surface area contributed by atoms with E-state index in [1.54, 1.807) is 6.20 Å². The smallest absolute Gasteiger partial charge is 0.217 e. The Morgan fingerprint density at radius 1 is 1.37 bits per heavy atom. The summed E-state index contributed by atoms with van der Waals surface area (Å²) in [5.41, 5.74) is 6.18. The van der Waals surface area contributed by atoms with Gasteiger partial charge in [-0.3, -0.25) is 4.79 Å². The molecule has 1 fully saturated rings. The number of carbonyl (C=O) groups is 1. The highest BCUT2D eigenvalue weighted by atomic mass is 35.5. The summed E-state index contributed by atoms with van der Waals surface area (Å²) in [6.45, 7) is 1.43. The number of nitrogens with zero attached hydrogens (tertiary/aromatic N) is 4. The van der Waals surface area contributed by atoms with Crippen LogP contribution in [0.2, 0.25) is 5.02 Å². The van der Waals surface area contributed by atoms with Crippen molar-refractivity contribution >= 4 is 29.3 Å². The Balaban J connectivity index is 1.46. The second-order valence-corrected chi connectivity index (χ2v) is 8.41. The van der Waals surface area contributed by atoms with Crippen molar-refractivity contribution in [3.8, 4) is 11.3 Å². The zero-order valence-corrected chi connectivity index (χ0v) is 17.9. The predicted octanol–water partition coefficient (Wildman–Crippen LogP) is 3.48. The molecule has 1 aromatic carbocycles. The van der Waals surface area contributed by atoms with Crippen LogP contribution in [0.15, 0.2) is 40.0 Å². The first-order valence-electron chi connectivity index (χ1n) is 9.74. The molecule has 1 amide bonds. The molecule has 0 radical (unpaired) electrons. The van der Waals surface area contributed by atoms with Crippen LogP contribution in [0.1, 0.15) is 31.0 Å². The van der Waals surface area contributed by atoms with Gasteiger partial charge in [0, 0.05) is 30.0 Å². The highest BCUT2D eigenvalue weighted by Crippen LogP contribution is 2.28. The number of primary amides is 1. The Morgan fingerprint density at radius 3 is 3.03 bits per heavy atom. The van der Waals surface area contributed by atoms with Crippen LogP contribution in [0, 0.1) is 0 Å². The van der Waals surface area contributed by atoms with E-state index in [0.717, 1.165) is 36.0 Å². The molecule has 2 aromatic heterocycles. The lowest BCUT2D eigenvalue weighted by molar-refractivity contribution is -0.118. The number of aromatic nitrogens is 4. The van der Waals surface area contributed by atoms with Gasteiger partial charge in [0.2, 0.25) is 11.8 Å². The lowest BCUT2D eigenvalue weighted by Gasteiger charge is -2.14. The van der Waals surface area contributed by atoms with Gasteiger partial charge in [-0.25, -0.2) is 4.98 Å². The van der Waals surface area contributed by atoms with Gasteiger partial charge >= 0.3 is 0 Å². The molecule has 0 spiro atoms. The van der Waals surface area contributed by atoms with Crippen LogP contribution in [-0.4, -0.2) is 38.4 Å². The minimum absolute atomic E-state index is 0.129. The number of nitrogens with two attached hydrogens (primary N) is 1. The molecule has 1 unspecified atom stereocenters. The first-order chi connectivity index (χ1) is 14.6. The predicted molar refractivity (Wildman–Crippen MR) is 113 cm³/mol. The van der Waals surface area contributed by atoms with E-state index in [0.29, 0.717) is 35.4 Å². The van der Waals surface area contributed by atoms with Crippen molar-refractivity contribution in [3.05, 3.63) is 47.2 Å². The fourth-order valence-corrected chi connectivity index (χ4v) is 4.31. The van der Waals surface area contributed by atoms with E-state index in [4.69, 9.17) is 26.5 Å². The molecule has 1 saturated heterocycles. The minimum atomic E-state index is -0.357. The molecule has 30 heavy (non-hydrogen) atoms. The number of halogens is 1. The summed E-state index contributed by atoms with van der Waals surface area (Å²) in [5, 5.41) is 9.96. The fourth-order valence-electron chi connectivity index (χ4n) is 3.30. The molecular formula is C20H22ClN5O3S. The summed E-state index contributed by atoms with van der Waals surface area (Å²) in [4.78, 5) is 15.6. The summed E-state index contributed by atoms with van der Waals surface area (Å²) in [7, 11) is 0. The number of benzene rings is 1. The Bertz CT molecular complexity index is 1020. The standard InChI is InChI=1S/C20H22ClN5O3S/c21-14-4-1-3-13(9-14)16-10-23-19(29-16)12-30-20-25-24-18(7-6-17(22)27)26(20)11-15-5-2-8-28-15/h1,3-4,9-10,15H,2,5-8,11-12H2,(H2,22,27). The quantitative estimate of drug-likeness (QED) is 0.500. The summed E-state index contributed by atoms with van der Waals surface area (Å²) in [6, 6.07) is 7.44. The van der Waals surface area contributed by atoms with Crippen LogP contribution in [0.3, 0.4) is 0 Å². The van der Waals surface area contributed by atoms with Gasteiger partial charge in [0.1, 0.15) is 5.82 Å². The van der Waals surface area contributed by atoms with E-state index in [-0.39, 0.29) is 18.4 Å². The van der Waals surface area contributed by atoms with E-state index < -0.39 is 0 Å². The van der Waals surface area contributed by atoms with Gasteiger partial charge in [0.05, 0.1) is 24.6 Å². The largest absolute Gasteiger partial charge is 0.440 e. The number of hydrogen-bond donors (Lipinski definition) is 1. The van der Waals surface area contributed by atoms with Gasteiger partial charge in [-0.2, -0.15) is 0 Å². The van der Waals surface area contributed by atoms with Crippen LogP contribution >= 0.6 is 23.4 Å². The van der Waals surface area contributed by atoms with Gasteiger partial charge in [-0.15, -0.1) is 10.2 Å². The van der Waals surface area contributed by atoms with Crippen molar-refractivity contribution in [2.45, 2.75) is 49.2 Å². The SMILES string of the molecule is NC(=O)CCc1nnc(SCc2ncc(-c3cccc(Cl)c3)o2)n1CC1CCCO1. The number of carbonyl (C=O) groups excluding carboxylic acids is 1. The topological polar surface area (TPSA) is 109 Å². The minimum Gasteiger partial charge on any atom is -0.440 e. The van der Waals surface area contributed by atoms with Crippen molar-refractivity contribution in [1.29, 1.82) is 0 Å². The van der Waals surface area contributed by atoms with Gasteiger partial charge < -0.3 is 19.5 Å². The molecule has 2 N–H and O–H groups in total. The molecular weight excluding hydrogens is 426 g/mol. The molecule has 8 nitrogen and oxygen atoms in total. The maximum absolute atomic E-state index is 11.2. The van der Waals surface area contributed by atoms with Crippen LogP contribution in [0.25, 0.3) is 11.3 Å². The summed E-state index contributed by atoms with van der Waals surface area (Å²) < 4.78 is 13.7. The number of thioether (sulfide) groups is 1. The number of hydrogen-bond acceptors (Lipinski definition) is 7. The zero-order valence-electron chi connectivity index (χ0n) is 16.3. The molecule has 0 bridgehead atoms. The average Bonchev–Trinajstić information content (AvgIpc) is 3.47. The van der Waals surface area contributed by atoms with E-state index in [1.807, 2.05) is 28.8 Å². The van der Waals surface area contributed by atoms with Gasteiger partial charge in [-0.05, 0) is 25.0 Å². The molecule has 0 aliphatic carbocycles. The summed E-state index contributed by atoms with van der Waals surface area (Å²) >= 11 is 7.54. The van der Waals surface area contributed by atoms with Crippen molar-refractivity contribution < 1.29 is 13.9 Å². The van der Waals surface area contributed by atoms with Crippen LogP contribution < -0.4 is 5.73 Å². The van der Waals surface area contributed by atoms with Crippen LogP contribution in [0.5, 0.6) is 0 Å². The van der Waals surface area contributed by atoms with Crippen molar-refractivity contribution in [2.24, 2.45) is 5.73 Å².